The molecule has 1 heterocycles. The second kappa shape index (κ2) is 7.61. The molecule has 1 fully saturated rings. The summed E-state index contributed by atoms with van der Waals surface area (Å²) in [5.74, 6) is -0.743. The standard InChI is InChI=1S/C16H18N2O5/c1-22-14-6-12(7-16(20)21)18(9-14)15(19)10-23-13-4-2-11(8-17)3-5-13/h2-5,12,14H,6-7,9-10H2,1H3,(H,20,21). The van der Waals surface area contributed by atoms with Gasteiger partial charge in [-0.05, 0) is 30.7 Å². The third-order valence-electron chi connectivity index (χ3n) is 3.79. The maximum atomic E-state index is 12.3. The molecule has 0 aromatic heterocycles. The molecule has 0 aliphatic carbocycles. The molecule has 0 radical (unpaired) electrons. The van der Waals surface area contributed by atoms with Gasteiger partial charge in [0.1, 0.15) is 5.75 Å². The summed E-state index contributed by atoms with van der Waals surface area (Å²) in [5.41, 5.74) is 0.507. The van der Waals surface area contributed by atoms with Crippen molar-refractivity contribution >= 4 is 11.9 Å². The molecule has 1 aromatic carbocycles. The minimum atomic E-state index is -0.947. The molecule has 0 spiro atoms. The van der Waals surface area contributed by atoms with Gasteiger partial charge in [-0.2, -0.15) is 5.26 Å². The van der Waals surface area contributed by atoms with E-state index >= 15 is 0 Å². The average Bonchev–Trinajstić information content (AvgIpc) is 2.95. The molecule has 1 saturated heterocycles. The van der Waals surface area contributed by atoms with E-state index in [1.165, 1.54) is 4.90 Å². The largest absolute Gasteiger partial charge is 0.484 e. The molecule has 1 aliphatic rings. The van der Waals surface area contributed by atoms with Gasteiger partial charge in [-0.25, -0.2) is 0 Å². The quantitative estimate of drug-likeness (QED) is 0.841. The molecule has 122 valence electrons. The van der Waals surface area contributed by atoms with Crippen molar-refractivity contribution in [2.45, 2.75) is 25.0 Å². The van der Waals surface area contributed by atoms with Crippen LogP contribution in [0, 0.1) is 11.3 Å². The molecule has 0 bridgehead atoms. The van der Waals surface area contributed by atoms with Crippen LogP contribution in [0.5, 0.6) is 5.75 Å². The Bertz CT molecular complexity index is 608. The zero-order chi connectivity index (χ0) is 16.8. The summed E-state index contributed by atoms with van der Waals surface area (Å²) >= 11 is 0. The lowest BCUT2D eigenvalue weighted by molar-refractivity contribution is -0.140. The topological polar surface area (TPSA) is 99.9 Å². The maximum absolute atomic E-state index is 12.3. The third kappa shape index (κ3) is 4.44. The van der Waals surface area contributed by atoms with Gasteiger partial charge in [-0.1, -0.05) is 0 Å². The van der Waals surface area contributed by atoms with Gasteiger partial charge in [-0.15, -0.1) is 0 Å². The Morgan fingerprint density at radius 3 is 2.65 bits per heavy atom. The fourth-order valence-corrected chi connectivity index (χ4v) is 2.60. The molecule has 23 heavy (non-hydrogen) atoms. The molecule has 1 aliphatic heterocycles. The van der Waals surface area contributed by atoms with Gasteiger partial charge >= 0.3 is 5.97 Å². The normalized spacial score (nSPS) is 20.1. The highest BCUT2D eigenvalue weighted by Crippen LogP contribution is 2.23. The number of amides is 1. The highest BCUT2D eigenvalue weighted by molar-refractivity contribution is 5.79. The van der Waals surface area contributed by atoms with Crippen LogP contribution in [0.1, 0.15) is 18.4 Å². The SMILES string of the molecule is COC1CC(CC(=O)O)N(C(=O)COc2ccc(C#N)cc2)C1. The van der Waals surface area contributed by atoms with E-state index in [1.807, 2.05) is 6.07 Å². The van der Waals surface area contributed by atoms with E-state index < -0.39 is 5.97 Å². The van der Waals surface area contributed by atoms with Crippen LogP contribution < -0.4 is 4.74 Å². The first-order valence-electron chi connectivity index (χ1n) is 7.20. The molecule has 7 heteroatoms. The first-order chi connectivity index (χ1) is 11.0. The van der Waals surface area contributed by atoms with E-state index in [2.05, 4.69) is 0 Å². The van der Waals surface area contributed by atoms with Crippen LogP contribution in [0.15, 0.2) is 24.3 Å². The van der Waals surface area contributed by atoms with Gasteiger partial charge in [0.15, 0.2) is 6.61 Å². The molecule has 1 amide bonds. The lowest BCUT2D eigenvalue weighted by Gasteiger charge is -2.23. The van der Waals surface area contributed by atoms with Crippen LogP contribution >= 0.6 is 0 Å². The molecular weight excluding hydrogens is 300 g/mol. The zero-order valence-corrected chi connectivity index (χ0v) is 12.8. The number of carboxylic acids is 1. The van der Waals surface area contributed by atoms with Crippen LogP contribution in [0.2, 0.25) is 0 Å². The van der Waals surface area contributed by atoms with Crippen LogP contribution in [-0.2, 0) is 14.3 Å². The summed E-state index contributed by atoms with van der Waals surface area (Å²) < 4.78 is 10.6. The van der Waals surface area contributed by atoms with E-state index in [-0.39, 0.29) is 31.1 Å². The predicted molar refractivity (Wildman–Crippen MR) is 79.8 cm³/mol. The van der Waals surface area contributed by atoms with Crippen LogP contribution in [0.3, 0.4) is 0 Å². The van der Waals surface area contributed by atoms with Gasteiger partial charge in [0.25, 0.3) is 5.91 Å². The zero-order valence-electron chi connectivity index (χ0n) is 12.8. The maximum Gasteiger partial charge on any atom is 0.305 e. The Morgan fingerprint density at radius 1 is 1.39 bits per heavy atom. The third-order valence-corrected chi connectivity index (χ3v) is 3.79. The van der Waals surface area contributed by atoms with Crippen molar-refractivity contribution in [1.29, 1.82) is 5.26 Å². The number of methoxy groups -OCH3 is 1. The number of aliphatic carboxylic acids is 1. The Hall–Kier alpha value is -2.59. The predicted octanol–water partition coefficient (Wildman–Crippen LogP) is 1.03. The molecule has 2 rings (SSSR count). The Morgan fingerprint density at radius 2 is 2.09 bits per heavy atom. The highest BCUT2D eigenvalue weighted by atomic mass is 16.5. The van der Waals surface area contributed by atoms with Crippen molar-refractivity contribution in [2.24, 2.45) is 0 Å². The number of carboxylic acid groups (broad SMARTS) is 1. The second-order valence-corrected chi connectivity index (χ2v) is 5.32. The number of ether oxygens (including phenoxy) is 2. The number of rotatable bonds is 6. The number of likely N-dealkylation sites (tertiary alicyclic amines) is 1. The summed E-state index contributed by atoms with van der Waals surface area (Å²) in [7, 11) is 1.55. The fraction of sp³-hybridized carbons (Fsp3) is 0.438. The van der Waals surface area contributed by atoms with E-state index in [9.17, 15) is 9.59 Å². The van der Waals surface area contributed by atoms with Gasteiger partial charge in [-0.3, -0.25) is 9.59 Å². The lowest BCUT2D eigenvalue weighted by atomic mass is 10.1. The van der Waals surface area contributed by atoms with E-state index in [0.717, 1.165) is 0 Å². The Balaban J connectivity index is 1.94. The van der Waals surface area contributed by atoms with Crippen LogP contribution in [0.25, 0.3) is 0 Å². The minimum absolute atomic E-state index is 0.109. The average molecular weight is 318 g/mol. The van der Waals surface area contributed by atoms with Crippen LogP contribution in [-0.4, -0.2) is 54.3 Å². The van der Waals surface area contributed by atoms with E-state index in [4.69, 9.17) is 19.8 Å². The molecular formula is C16H18N2O5. The van der Waals surface area contributed by atoms with E-state index in [1.54, 1.807) is 31.4 Å². The molecule has 2 atom stereocenters. The number of nitriles is 1. The molecule has 1 N–H and O–H groups in total. The highest BCUT2D eigenvalue weighted by Gasteiger charge is 2.36. The first-order valence-corrected chi connectivity index (χ1v) is 7.20. The van der Waals surface area contributed by atoms with Gasteiger partial charge in [0.2, 0.25) is 0 Å². The molecule has 0 saturated carbocycles. The number of carbonyl (C=O) groups is 2. The monoisotopic (exact) mass is 318 g/mol. The first kappa shape index (κ1) is 16.8. The Kier molecular flexibility index (Phi) is 5.55. The van der Waals surface area contributed by atoms with Crippen molar-refractivity contribution in [2.75, 3.05) is 20.3 Å². The van der Waals surface area contributed by atoms with E-state index in [0.29, 0.717) is 24.3 Å². The van der Waals surface area contributed by atoms with Crippen molar-refractivity contribution < 1.29 is 24.2 Å². The molecule has 7 nitrogen and oxygen atoms in total. The minimum Gasteiger partial charge on any atom is -0.484 e. The number of hydrogen-bond acceptors (Lipinski definition) is 5. The molecule has 2 unspecified atom stereocenters. The molecule has 1 aromatic rings. The number of carbonyl (C=O) groups excluding carboxylic acids is 1. The number of nitrogens with zero attached hydrogens (tertiary/aromatic N) is 2. The number of hydrogen-bond donors (Lipinski definition) is 1. The van der Waals surface area contributed by atoms with Gasteiger partial charge < -0.3 is 19.5 Å². The van der Waals surface area contributed by atoms with Gasteiger partial charge in [0.05, 0.1) is 24.2 Å². The summed E-state index contributed by atoms with van der Waals surface area (Å²) in [5, 5.41) is 17.7. The van der Waals surface area contributed by atoms with Crippen molar-refractivity contribution in [3.63, 3.8) is 0 Å². The van der Waals surface area contributed by atoms with Crippen molar-refractivity contribution in [3.8, 4) is 11.8 Å². The van der Waals surface area contributed by atoms with Crippen LogP contribution in [0.4, 0.5) is 0 Å². The smallest absolute Gasteiger partial charge is 0.305 e. The summed E-state index contributed by atoms with van der Waals surface area (Å²) in [6.45, 7) is 0.183. The van der Waals surface area contributed by atoms with Crippen molar-refractivity contribution in [1.82, 2.24) is 4.90 Å². The fourth-order valence-electron chi connectivity index (χ4n) is 2.60. The summed E-state index contributed by atoms with van der Waals surface area (Å²) in [6, 6.07) is 8.05. The number of benzene rings is 1. The van der Waals surface area contributed by atoms with Crippen molar-refractivity contribution in [3.05, 3.63) is 29.8 Å². The van der Waals surface area contributed by atoms with Gasteiger partial charge in [0, 0.05) is 19.7 Å². The summed E-state index contributed by atoms with van der Waals surface area (Å²) in [6.07, 6.45) is 0.242. The second-order valence-electron chi connectivity index (χ2n) is 5.32. The Labute approximate surface area is 134 Å². The lowest BCUT2D eigenvalue weighted by Crippen LogP contribution is -2.40. The summed E-state index contributed by atoms with van der Waals surface area (Å²) in [4.78, 5) is 24.7.